The van der Waals surface area contributed by atoms with Crippen LogP contribution in [0.3, 0.4) is 0 Å². The van der Waals surface area contributed by atoms with Crippen LogP contribution in [-0.4, -0.2) is 19.6 Å². The number of esters is 1. The molecule has 3 heteroatoms. The van der Waals surface area contributed by atoms with E-state index >= 15 is 0 Å². The fourth-order valence-electron chi connectivity index (χ4n) is 1.85. The summed E-state index contributed by atoms with van der Waals surface area (Å²) in [4.78, 5) is 13.7. The number of nitrogens with zero attached hydrogens (tertiary/aromatic N) is 1. The average molecular weight is 247 g/mol. The number of rotatable bonds is 4. The monoisotopic (exact) mass is 247 g/mol. The Labute approximate surface area is 109 Å². The molecule has 1 aromatic carbocycles. The summed E-state index contributed by atoms with van der Waals surface area (Å²) >= 11 is 0. The molecule has 0 atom stereocenters. The number of allylic oxidation sites excluding steroid dienone is 1. The summed E-state index contributed by atoms with van der Waals surface area (Å²) in [5.74, 6) is -0.267. The maximum absolute atomic E-state index is 11.6. The number of hydrogen-bond donors (Lipinski definition) is 0. The van der Waals surface area contributed by atoms with Crippen molar-refractivity contribution in [3.05, 3.63) is 41.1 Å². The lowest BCUT2D eigenvalue weighted by Gasteiger charge is -2.18. The van der Waals surface area contributed by atoms with E-state index in [1.165, 1.54) is 5.57 Å². The van der Waals surface area contributed by atoms with E-state index in [4.69, 9.17) is 4.74 Å². The molecular formula is C15H21NO2. The van der Waals surface area contributed by atoms with Gasteiger partial charge in [0.1, 0.15) is 0 Å². The minimum atomic E-state index is -0.267. The Morgan fingerprint density at radius 3 is 2.56 bits per heavy atom. The third kappa shape index (κ3) is 3.62. The van der Waals surface area contributed by atoms with Gasteiger partial charge in [-0.1, -0.05) is 5.57 Å². The van der Waals surface area contributed by atoms with E-state index < -0.39 is 0 Å². The van der Waals surface area contributed by atoms with Crippen LogP contribution in [0.5, 0.6) is 0 Å². The highest BCUT2D eigenvalue weighted by Crippen LogP contribution is 2.21. The van der Waals surface area contributed by atoms with Crippen LogP contribution in [0.25, 0.3) is 0 Å². The third-order valence-corrected chi connectivity index (χ3v) is 2.54. The Balaban J connectivity index is 2.99. The van der Waals surface area contributed by atoms with Gasteiger partial charge in [0.2, 0.25) is 0 Å². The van der Waals surface area contributed by atoms with Crippen molar-refractivity contribution >= 4 is 11.7 Å². The Morgan fingerprint density at radius 1 is 1.39 bits per heavy atom. The largest absolute Gasteiger partial charge is 0.462 e. The summed E-state index contributed by atoms with van der Waals surface area (Å²) < 4.78 is 4.98. The second-order valence-corrected chi connectivity index (χ2v) is 4.54. The van der Waals surface area contributed by atoms with Crippen molar-refractivity contribution in [2.45, 2.75) is 27.7 Å². The fourth-order valence-corrected chi connectivity index (χ4v) is 1.85. The minimum absolute atomic E-state index is 0.267. The summed E-state index contributed by atoms with van der Waals surface area (Å²) in [5, 5.41) is 0. The zero-order valence-corrected chi connectivity index (χ0v) is 11.8. The lowest BCUT2D eigenvalue weighted by atomic mass is 10.1. The van der Waals surface area contributed by atoms with Crippen LogP contribution in [0.15, 0.2) is 30.0 Å². The van der Waals surface area contributed by atoms with Crippen molar-refractivity contribution < 1.29 is 9.53 Å². The molecule has 0 aliphatic rings. The molecule has 0 aliphatic heterocycles. The first-order valence-electron chi connectivity index (χ1n) is 6.11. The van der Waals surface area contributed by atoms with E-state index in [-0.39, 0.29) is 5.97 Å². The van der Waals surface area contributed by atoms with Gasteiger partial charge in [-0.2, -0.15) is 0 Å². The topological polar surface area (TPSA) is 29.5 Å². The minimum Gasteiger partial charge on any atom is -0.462 e. The molecule has 0 unspecified atom stereocenters. The van der Waals surface area contributed by atoms with Crippen molar-refractivity contribution in [2.75, 3.05) is 18.6 Å². The summed E-state index contributed by atoms with van der Waals surface area (Å²) in [5.41, 5.74) is 3.97. The van der Waals surface area contributed by atoms with Crippen molar-refractivity contribution in [1.82, 2.24) is 0 Å². The SMILES string of the molecule is CCOC(=O)c1ccc(N(C)C=C(C)C)c(C)c1. The summed E-state index contributed by atoms with van der Waals surface area (Å²) in [6, 6.07) is 5.61. The zero-order valence-electron chi connectivity index (χ0n) is 11.8. The third-order valence-electron chi connectivity index (χ3n) is 2.54. The zero-order chi connectivity index (χ0) is 13.7. The lowest BCUT2D eigenvalue weighted by molar-refractivity contribution is 0.0526. The molecule has 0 bridgehead atoms. The van der Waals surface area contributed by atoms with Gasteiger partial charge in [0, 0.05) is 18.9 Å². The standard InChI is InChI=1S/C15H21NO2/c1-6-18-15(17)13-7-8-14(12(4)9-13)16(5)10-11(2)3/h7-10H,6H2,1-5H3. The van der Waals surface area contributed by atoms with E-state index in [1.54, 1.807) is 6.07 Å². The van der Waals surface area contributed by atoms with Crippen LogP contribution < -0.4 is 4.90 Å². The molecule has 0 aromatic heterocycles. The van der Waals surface area contributed by atoms with Crippen molar-refractivity contribution in [1.29, 1.82) is 0 Å². The molecule has 0 spiro atoms. The van der Waals surface area contributed by atoms with Gasteiger partial charge < -0.3 is 9.64 Å². The maximum Gasteiger partial charge on any atom is 0.338 e. The predicted octanol–water partition coefficient (Wildman–Crippen LogP) is 3.53. The Kier molecular flexibility index (Phi) is 4.95. The predicted molar refractivity (Wildman–Crippen MR) is 75.0 cm³/mol. The quantitative estimate of drug-likeness (QED) is 0.762. The molecule has 0 heterocycles. The molecule has 0 N–H and O–H groups in total. The number of anilines is 1. The van der Waals surface area contributed by atoms with Gasteiger partial charge in [-0.25, -0.2) is 4.79 Å². The first-order valence-corrected chi connectivity index (χ1v) is 6.11. The van der Waals surface area contributed by atoms with E-state index in [9.17, 15) is 4.79 Å². The molecule has 0 amide bonds. The maximum atomic E-state index is 11.6. The molecule has 0 aliphatic carbocycles. The van der Waals surface area contributed by atoms with Crippen molar-refractivity contribution in [3.8, 4) is 0 Å². The summed E-state index contributed by atoms with van der Waals surface area (Å²) in [6.45, 7) is 8.31. The van der Waals surface area contributed by atoms with Crippen LogP contribution in [-0.2, 0) is 4.74 Å². The number of ether oxygens (including phenoxy) is 1. The van der Waals surface area contributed by atoms with Crippen molar-refractivity contribution in [3.63, 3.8) is 0 Å². The molecule has 1 aromatic rings. The molecule has 0 fully saturated rings. The molecule has 98 valence electrons. The normalized spacial score (nSPS) is 9.83. The molecule has 0 saturated carbocycles. The first-order chi connectivity index (χ1) is 8.45. The molecule has 18 heavy (non-hydrogen) atoms. The Morgan fingerprint density at radius 2 is 2.06 bits per heavy atom. The number of carbonyl (C=O) groups is 1. The van der Waals surface area contributed by atoms with Crippen LogP contribution in [0.4, 0.5) is 5.69 Å². The number of carbonyl (C=O) groups excluding carboxylic acids is 1. The van der Waals surface area contributed by atoms with Crippen LogP contribution in [0.1, 0.15) is 36.7 Å². The molecule has 3 nitrogen and oxygen atoms in total. The van der Waals surface area contributed by atoms with Gasteiger partial charge in [-0.15, -0.1) is 0 Å². The van der Waals surface area contributed by atoms with E-state index in [0.29, 0.717) is 12.2 Å². The summed E-state index contributed by atoms with van der Waals surface area (Å²) in [7, 11) is 2.00. The van der Waals surface area contributed by atoms with Crippen LogP contribution in [0, 0.1) is 6.92 Å². The number of aryl methyl sites for hydroxylation is 1. The second-order valence-electron chi connectivity index (χ2n) is 4.54. The van der Waals surface area contributed by atoms with Gasteiger partial charge in [0.15, 0.2) is 0 Å². The molecule has 0 saturated heterocycles. The molecule has 1 rings (SSSR count). The van der Waals surface area contributed by atoms with Gasteiger partial charge in [-0.05, 0) is 51.5 Å². The van der Waals surface area contributed by atoms with E-state index in [1.807, 2.05) is 33.0 Å². The van der Waals surface area contributed by atoms with E-state index in [0.717, 1.165) is 11.3 Å². The van der Waals surface area contributed by atoms with Crippen molar-refractivity contribution in [2.24, 2.45) is 0 Å². The average Bonchev–Trinajstić information content (AvgIpc) is 2.28. The fraction of sp³-hybridized carbons (Fsp3) is 0.400. The highest BCUT2D eigenvalue weighted by Gasteiger charge is 2.09. The Hall–Kier alpha value is -1.77. The smallest absolute Gasteiger partial charge is 0.338 e. The molecular weight excluding hydrogens is 226 g/mol. The number of hydrogen-bond acceptors (Lipinski definition) is 3. The lowest BCUT2D eigenvalue weighted by Crippen LogP contribution is -2.11. The summed E-state index contributed by atoms with van der Waals surface area (Å²) in [6.07, 6.45) is 2.06. The molecule has 0 radical (unpaired) electrons. The van der Waals surface area contributed by atoms with Crippen LogP contribution in [0.2, 0.25) is 0 Å². The van der Waals surface area contributed by atoms with Crippen LogP contribution >= 0.6 is 0 Å². The second kappa shape index (κ2) is 6.24. The Bertz CT molecular complexity index is 460. The van der Waals surface area contributed by atoms with Gasteiger partial charge in [0.25, 0.3) is 0 Å². The highest BCUT2D eigenvalue weighted by atomic mass is 16.5. The van der Waals surface area contributed by atoms with Gasteiger partial charge >= 0.3 is 5.97 Å². The highest BCUT2D eigenvalue weighted by molar-refractivity contribution is 5.90. The number of benzene rings is 1. The first kappa shape index (κ1) is 14.3. The van der Waals surface area contributed by atoms with Gasteiger partial charge in [0.05, 0.1) is 12.2 Å². The van der Waals surface area contributed by atoms with Gasteiger partial charge in [-0.3, -0.25) is 0 Å². The van der Waals surface area contributed by atoms with E-state index in [2.05, 4.69) is 24.9 Å².